The minimum atomic E-state index is -0.294. The molecule has 0 bridgehead atoms. The molecule has 0 unspecified atom stereocenters. The normalized spacial score (nSPS) is 12.3. The number of benzene rings is 2. The zero-order valence-corrected chi connectivity index (χ0v) is 16.6. The molecule has 2 N–H and O–H groups in total. The summed E-state index contributed by atoms with van der Waals surface area (Å²) in [6.45, 7) is 9.38. The highest BCUT2D eigenvalue weighted by Gasteiger charge is 2.17. The second-order valence-corrected chi connectivity index (χ2v) is 7.54. The van der Waals surface area contributed by atoms with Crippen molar-refractivity contribution in [3.63, 3.8) is 0 Å². The Morgan fingerprint density at radius 1 is 1.22 bits per heavy atom. The fourth-order valence-electron chi connectivity index (χ4n) is 3.55. The van der Waals surface area contributed by atoms with Gasteiger partial charge < -0.3 is 14.8 Å². The maximum absolute atomic E-state index is 11.3. The zero-order chi connectivity index (χ0) is 19.7. The van der Waals surface area contributed by atoms with Crippen molar-refractivity contribution in [1.29, 1.82) is 0 Å². The second kappa shape index (κ2) is 7.47. The number of esters is 1. The Morgan fingerprint density at radius 2 is 1.96 bits per heavy atom. The SMILES string of the molecule is CC(=O)O[C@H](C)Cc1c(C)c(O)cc2c1[nH]c1ccc(CC=C(C)C)cc12. The van der Waals surface area contributed by atoms with E-state index in [1.54, 1.807) is 0 Å². The van der Waals surface area contributed by atoms with Crippen molar-refractivity contribution in [2.24, 2.45) is 0 Å². The van der Waals surface area contributed by atoms with Crippen molar-refractivity contribution in [1.82, 2.24) is 4.98 Å². The van der Waals surface area contributed by atoms with E-state index in [2.05, 4.69) is 43.1 Å². The van der Waals surface area contributed by atoms with Crippen LogP contribution < -0.4 is 0 Å². The number of phenolic OH excluding ortho intramolecular Hbond substituents is 1. The first-order valence-electron chi connectivity index (χ1n) is 9.32. The van der Waals surface area contributed by atoms with Gasteiger partial charge in [-0.3, -0.25) is 4.79 Å². The monoisotopic (exact) mass is 365 g/mol. The predicted molar refractivity (Wildman–Crippen MR) is 110 cm³/mol. The molecular formula is C23H27NO3. The number of aromatic hydroxyl groups is 1. The van der Waals surface area contributed by atoms with E-state index in [0.29, 0.717) is 6.42 Å². The molecule has 3 aromatic rings. The Balaban J connectivity index is 2.13. The molecule has 0 aliphatic rings. The quantitative estimate of drug-likeness (QED) is 0.474. The molecule has 0 saturated carbocycles. The van der Waals surface area contributed by atoms with Crippen LogP contribution in [-0.2, 0) is 22.4 Å². The van der Waals surface area contributed by atoms with Gasteiger partial charge in [0.1, 0.15) is 11.9 Å². The molecule has 4 heteroatoms. The number of fused-ring (bicyclic) bond motifs is 3. The lowest BCUT2D eigenvalue weighted by Gasteiger charge is -2.15. The second-order valence-electron chi connectivity index (χ2n) is 7.54. The third kappa shape index (κ3) is 4.00. The summed E-state index contributed by atoms with van der Waals surface area (Å²) in [5, 5.41) is 12.6. The van der Waals surface area contributed by atoms with Gasteiger partial charge in [0.2, 0.25) is 0 Å². The Kier molecular flexibility index (Phi) is 5.26. The van der Waals surface area contributed by atoms with E-state index >= 15 is 0 Å². The van der Waals surface area contributed by atoms with Crippen LogP contribution in [-0.4, -0.2) is 22.2 Å². The number of carbonyl (C=O) groups excluding carboxylic acids is 1. The summed E-state index contributed by atoms with van der Waals surface area (Å²) >= 11 is 0. The van der Waals surface area contributed by atoms with E-state index in [0.717, 1.165) is 39.4 Å². The third-order valence-corrected chi connectivity index (χ3v) is 4.93. The van der Waals surface area contributed by atoms with Gasteiger partial charge in [0.05, 0.1) is 5.52 Å². The Hall–Kier alpha value is -2.75. The van der Waals surface area contributed by atoms with E-state index in [1.807, 2.05) is 19.9 Å². The molecule has 142 valence electrons. The summed E-state index contributed by atoms with van der Waals surface area (Å²) in [4.78, 5) is 14.8. The van der Waals surface area contributed by atoms with E-state index in [4.69, 9.17) is 4.74 Å². The van der Waals surface area contributed by atoms with Crippen LogP contribution in [0.25, 0.3) is 21.8 Å². The third-order valence-electron chi connectivity index (χ3n) is 4.93. The van der Waals surface area contributed by atoms with Crippen LogP contribution >= 0.6 is 0 Å². The number of allylic oxidation sites excluding steroid dienone is 2. The van der Waals surface area contributed by atoms with Gasteiger partial charge >= 0.3 is 5.97 Å². The van der Waals surface area contributed by atoms with Gasteiger partial charge in [0, 0.05) is 29.6 Å². The zero-order valence-electron chi connectivity index (χ0n) is 16.6. The summed E-state index contributed by atoms with van der Waals surface area (Å²) in [7, 11) is 0. The van der Waals surface area contributed by atoms with Crippen molar-refractivity contribution in [2.45, 2.75) is 53.6 Å². The van der Waals surface area contributed by atoms with Crippen molar-refractivity contribution < 1.29 is 14.6 Å². The van der Waals surface area contributed by atoms with Crippen LogP contribution in [0.15, 0.2) is 35.9 Å². The molecule has 27 heavy (non-hydrogen) atoms. The molecule has 2 aromatic carbocycles. The first-order valence-corrected chi connectivity index (χ1v) is 9.32. The largest absolute Gasteiger partial charge is 0.508 e. The number of hydrogen-bond donors (Lipinski definition) is 2. The number of hydrogen-bond acceptors (Lipinski definition) is 3. The molecule has 0 radical (unpaired) electrons. The molecule has 0 saturated heterocycles. The Morgan fingerprint density at radius 3 is 2.63 bits per heavy atom. The highest BCUT2D eigenvalue weighted by Crippen LogP contribution is 2.35. The first-order chi connectivity index (χ1) is 12.8. The molecule has 1 aromatic heterocycles. The van der Waals surface area contributed by atoms with Crippen LogP contribution in [0.4, 0.5) is 0 Å². The van der Waals surface area contributed by atoms with Gasteiger partial charge in [-0.1, -0.05) is 17.7 Å². The molecule has 3 rings (SSSR count). The molecule has 0 spiro atoms. The average Bonchev–Trinajstić information content (AvgIpc) is 2.94. The van der Waals surface area contributed by atoms with E-state index in [9.17, 15) is 9.90 Å². The number of ether oxygens (including phenoxy) is 1. The molecule has 1 heterocycles. The standard InChI is InChI=1S/C23H27NO3/c1-13(2)6-7-17-8-9-21-19(11-17)20-12-22(26)15(4)18(23(20)24-21)10-14(3)27-16(5)25/h6,8-9,11-12,14,24,26H,7,10H2,1-5H3/t14-/m1/s1. The number of nitrogens with one attached hydrogen (secondary N) is 1. The molecule has 0 fully saturated rings. The number of carbonyl (C=O) groups is 1. The minimum absolute atomic E-state index is 0.258. The van der Waals surface area contributed by atoms with Gasteiger partial charge in [0.25, 0.3) is 0 Å². The van der Waals surface area contributed by atoms with Crippen LogP contribution in [0.3, 0.4) is 0 Å². The van der Waals surface area contributed by atoms with Gasteiger partial charge in [-0.15, -0.1) is 0 Å². The maximum atomic E-state index is 11.3. The van der Waals surface area contributed by atoms with Crippen molar-refractivity contribution in [2.75, 3.05) is 0 Å². The minimum Gasteiger partial charge on any atom is -0.508 e. The number of aromatic amines is 1. The fraction of sp³-hybridized carbons (Fsp3) is 0.348. The lowest BCUT2D eigenvalue weighted by molar-refractivity contribution is -0.145. The van der Waals surface area contributed by atoms with E-state index in [1.165, 1.54) is 18.1 Å². The van der Waals surface area contributed by atoms with Crippen molar-refractivity contribution >= 4 is 27.8 Å². The Labute approximate surface area is 159 Å². The van der Waals surface area contributed by atoms with Crippen LogP contribution in [0.5, 0.6) is 5.75 Å². The van der Waals surface area contributed by atoms with Crippen LogP contribution in [0.2, 0.25) is 0 Å². The lowest BCUT2D eigenvalue weighted by atomic mass is 9.97. The van der Waals surface area contributed by atoms with Crippen LogP contribution in [0.1, 0.15) is 44.4 Å². The predicted octanol–water partition coefficient (Wildman–Crippen LogP) is 5.34. The molecule has 0 aliphatic carbocycles. The smallest absolute Gasteiger partial charge is 0.302 e. The summed E-state index contributed by atoms with van der Waals surface area (Å²) in [5.41, 5.74) is 6.37. The van der Waals surface area contributed by atoms with Gasteiger partial charge in [-0.05, 0) is 69.0 Å². The van der Waals surface area contributed by atoms with E-state index in [-0.39, 0.29) is 17.8 Å². The number of aromatic nitrogens is 1. The topological polar surface area (TPSA) is 62.3 Å². The summed E-state index contributed by atoms with van der Waals surface area (Å²) in [5.74, 6) is -0.0276. The molecule has 1 atom stereocenters. The fourth-order valence-corrected chi connectivity index (χ4v) is 3.55. The Bertz CT molecular complexity index is 1040. The maximum Gasteiger partial charge on any atom is 0.302 e. The number of rotatable bonds is 5. The summed E-state index contributed by atoms with van der Waals surface area (Å²) in [6, 6.07) is 8.23. The number of phenols is 1. The summed E-state index contributed by atoms with van der Waals surface area (Å²) in [6.07, 6.45) is 3.39. The molecule has 0 amide bonds. The van der Waals surface area contributed by atoms with Gasteiger partial charge in [0.15, 0.2) is 0 Å². The first kappa shape index (κ1) is 19.0. The van der Waals surface area contributed by atoms with Gasteiger partial charge in [-0.2, -0.15) is 0 Å². The van der Waals surface area contributed by atoms with Crippen molar-refractivity contribution in [3.8, 4) is 5.75 Å². The highest BCUT2D eigenvalue weighted by atomic mass is 16.5. The molecule has 4 nitrogen and oxygen atoms in total. The number of H-pyrrole nitrogens is 1. The highest BCUT2D eigenvalue weighted by molar-refractivity contribution is 6.09. The molecular weight excluding hydrogens is 338 g/mol. The van der Waals surface area contributed by atoms with Crippen molar-refractivity contribution in [3.05, 3.63) is 52.6 Å². The molecule has 0 aliphatic heterocycles. The van der Waals surface area contributed by atoms with Gasteiger partial charge in [-0.25, -0.2) is 0 Å². The van der Waals surface area contributed by atoms with E-state index < -0.39 is 0 Å². The summed E-state index contributed by atoms with van der Waals surface area (Å²) < 4.78 is 5.30. The lowest BCUT2D eigenvalue weighted by Crippen LogP contribution is -2.15. The average molecular weight is 365 g/mol. The van der Waals surface area contributed by atoms with Crippen LogP contribution in [0, 0.1) is 6.92 Å².